The summed E-state index contributed by atoms with van der Waals surface area (Å²) in [4.78, 5) is 25.1. The Morgan fingerprint density at radius 3 is 2.89 bits per heavy atom. The third kappa shape index (κ3) is 4.70. The summed E-state index contributed by atoms with van der Waals surface area (Å²) < 4.78 is 14.0. The first-order valence-corrected chi connectivity index (χ1v) is 6.27. The fraction of sp³-hybridized carbons (Fsp3) is 0.300. The van der Waals surface area contributed by atoms with Gasteiger partial charge in [0.2, 0.25) is 6.17 Å². The Morgan fingerprint density at radius 2 is 2.26 bits per heavy atom. The van der Waals surface area contributed by atoms with E-state index in [1.165, 1.54) is 24.3 Å². The highest BCUT2D eigenvalue weighted by molar-refractivity contribution is 7.27. The molecule has 0 aromatic heterocycles. The topological polar surface area (TPSA) is 108 Å². The summed E-state index contributed by atoms with van der Waals surface area (Å²) in [6.07, 6.45) is -1.96. The number of alkyl halides is 1. The van der Waals surface area contributed by atoms with E-state index in [0.29, 0.717) is 0 Å². The van der Waals surface area contributed by atoms with E-state index in [1.54, 1.807) is 0 Å². The second-order valence-electron chi connectivity index (χ2n) is 3.44. The molecule has 0 aliphatic heterocycles. The van der Waals surface area contributed by atoms with Gasteiger partial charge in [0.1, 0.15) is 0 Å². The Hall–Kier alpha value is -1.31. The monoisotopic (exact) mass is 291 g/mol. The second kappa shape index (κ2) is 7.98. The second-order valence-corrected chi connectivity index (χ2v) is 4.03. The number of amides is 1. The highest BCUT2D eigenvalue weighted by atomic mass is 31.1. The molecule has 19 heavy (non-hydrogen) atoms. The molecule has 0 aliphatic carbocycles. The van der Waals surface area contributed by atoms with E-state index in [1.807, 2.05) is 0 Å². The fourth-order valence-corrected chi connectivity index (χ4v) is 1.45. The number of halogens is 1. The summed E-state index contributed by atoms with van der Waals surface area (Å²) in [6.45, 7) is 0.360. The zero-order chi connectivity index (χ0) is 14.3. The van der Waals surface area contributed by atoms with Crippen molar-refractivity contribution in [3.05, 3.63) is 29.8 Å². The molecule has 7 nitrogen and oxygen atoms in total. The SMILES string of the molecule is NCCNC(=O)C(F)c1ccccc1ON(O)PO. The molecule has 0 fully saturated rings. The van der Waals surface area contributed by atoms with Crippen LogP contribution in [-0.2, 0) is 4.79 Å². The molecule has 1 aromatic carbocycles. The van der Waals surface area contributed by atoms with Gasteiger partial charge in [-0.2, -0.15) is 0 Å². The van der Waals surface area contributed by atoms with Gasteiger partial charge in [-0.1, -0.05) is 18.2 Å². The van der Waals surface area contributed by atoms with E-state index in [9.17, 15) is 9.18 Å². The van der Waals surface area contributed by atoms with Gasteiger partial charge in [0.25, 0.3) is 5.91 Å². The lowest BCUT2D eigenvalue weighted by molar-refractivity contribution is -0.201. The number of rotatable bonds is 7. The van der Waals surface area contributed by atoms with Gasteiger partial charge in [-0.15, -0.1) is 0 Å². The lowest BCUT2D eigenvalue weighted by Crippen LogP contribution is -2.32. The molecule has 1 amide bonds. The number of carbonyl (C=O) groups excluding carboxylic acids is 1. The Morgan fingerprint density at radius 1 is 1.58 bits per heavy atom. The molecule has 0 aliphatic rings. The van der Waals surface area contributed by atoms with E-state index < -0.39 is 21.0 Å². The van der Waals surface area contributed by atoms with Crippen LogP contribution in [0, 0.1) is 0 Å². The van der Waals surface area contributed by atoms with Crippen molar-refractivity contribution >= 4 is 14.9 Å². The number of nitrogens with zero attached hydrogens (tertiary/aromatic N) is 1. The van der Waals surface area contributed by atoms with Crippen molar-refractivity contribution in [2.75, 3.05) is 13.1 Å². The Bertz CT molecular complexity index is 424. The molecule has 5 N–H and O–H groups in total. The van der Waals surface area contributed by atoms with Crippen LogP contribution >= 0.6 is 8.96 Å². The fourth-order valence-electron chi connectivity index (χ4n) is 1.31. The minimum absolute atomic E-state index is 0.0608. The molecule has 0 saturated heterocycles. The van der Waals surface area contributed by atoms with E-state index in [-0.39, 0.29) is 29.4 Å². The predicted molar refractivity (Wildman–Crippen MR) is 67.1 cm³/mol. The van der Waals surface area contributed by atoms with Crippen molar-refractivity contribution in [2.45, 2.75) is 6.17 Å². The first-order valence-electron chi connectivity index (χ1n) is 5.37. The molecule has 0 heterocycles. The van der Waals surface area contributed by atoms with Crippen molar-refractivity contribution in [2.24, 2.45) is 5.73 Å². The minimum atomic E-state index is -1.96. The summed E-state index contributed by atoms with van der Waals surface area (Å²) >= 11 is 0. The molecule has 0 bridgehead atoms. The van der Waals surface area contributed by atoms with Gasteiger partial charge < -0.3 is 20.8 Å². The largest absolute Gasteiger partial charge is 0.374 e. The first kappa shape index (κ1) is 15.7. The molecule has 1 aromatic rings. The van der Waals surface area contributed by atoms with Crippen LogP contribution in [-0.4, -0.2) is 34.1 Å². The Balaban J connectivity index is 2.83. The van der Waals surface area contributed by atoms with Crippen LogP contribution in [0.4, 0.5) is 4.39 Å². The average molecular weight is 291 g/mol. The van der Waals surface area contributed by atoms with Gasteiger partial charge in [-0.3, -0.25) is 10.0 Å². The van der Waals surface area contributed by atoms with Crippen molar-refractivity contribution in [1.82, 2.24) is 10.3 Å². The maximum absolute atomic E-state index is 14.0. The molecule has 0 radical (unpaired) electrons. The molecule has 2 atom stereocenters. The molecule has 0 spiro atoms. The van der Waals surface area contributed by atoms with Gasteiger partial charge in [0.15, 0.2) is 14.7 Å². The van der Waals surface area contributed by atoms with E-state index in [2.05, 4.69) is 5.32 Å². The van der Waals surface area contributed by atoms with Crippen molar-refractivity contribution < 1.29 is 24.1 Å². The van der Waals surface area contributed by atoms with Gasteiger partial charge in [-0.25, -0.2) is 4.39 Å². The summed E-state index contributed by atoms with van der Waals surface area (Å²) in [6, 6.07) is 5.77. The predicted octanol–water partition coefficient (Wildman–Crippen LogP) is 0.258. The molecule has 2 unspecified atom stereocenters. The standard InChI is InChI=1S/C10H15FN3O4P/c11-9(10(15)13-6-5-12)7-3-1-2-4-8(7)18-14(16)19-17/h1-4,9,16-17,19H,5-6,12H2,(H,13,15). The summed E-state index contributed by atoms with van der Waals surface area (Å²) in [5, 5.41) is 11.3. The molecular weight excluding hydrogens is 276 g/mol. The van der Waals surface area contributed by atoms with Crippen LogP contribution in [0.25, 0.3) is 0 Å². The quantitative estimate of drug-likeness (QED) is 0.424. The maximum atomic E-state index is 14.0. The molecular formula is C10H15FN3O4P. The third-order valence-corrected chi connectivity index (χ3v) is 2.40. The number of hydrogen-bond donors (Lipinski definition) is 4. The average Bonchev–Trinajstić information content (AvgIpc) is 2.44. The first-order chi connectivity index (χ1) is 9.10. The van der Waals surface area contributed by atoms with Crippen LogP contribution in [0.1, 0.15) is 11.7 Å². The third-order valence-electron chi connectivity index (χ3n) is 2.14. The van der Waals surface area contributed by atoms with Crippen molar-refractivity contribution in [1.29, 1.82) is 0 Å². The number of nitrogens with two attached hydrogens (primary N) is 1. The molecule has 9 heteroatoms. The van der Waals surface area contributed by atoms with Crippen LogP contribution in [0.5, 0.6) is 5.75 Å². The molecule has 1 rings (SSSR count). The summed E-state index contributed by atoms with van der Waals surface area (Å²) in [5.74, 6) is -0.917. The van der Waals surface area contributed by atoms with Crippen LogP contribution < -0.4 is 15.9 Å². The van der Waals surface area contributed by atoms with Gasteiger partial charge in [0.05, 0.1) is 0 Å². The van der Waals surface area contributed by atoms with E-state index >= 15 is 0 Å². The van der Waals surface area contributed by atoms with Gasteiger partial charge in [0, 0.05) is 23.6 Å². The Kier molecular flexibility index (Phi) is 6.61. The van der Waals surface area contributed by atoms with Gasteiger partial charge in [-0.05, 0) is 6.07 Å². The van der Waals surface area contributed by atoms with E-state index in [0.717, 1.165) is 0 Å². The molecule has 0 saturated carbocycles. The zero-order valence-corrected chi connectivity index (χ0v) is 10.9. The van der Waals surface area contributed by atoms with E-state index in [4.69, 9.17) is 20.7 Å². The van der Waals surface area contributed by atoms with Crippen molar-refractivity contribution in [3.63, 3.8) is 0 Å². The lowest BCUT2D eigenvalue weighted by atomic mass is 10.1. The number of benzene rings is 1. The summed E-state index contributed by atoms with van der Waals surface area (Å²) in [7, 11) is -1.03. The van der Waals surface area contributed by atoms with Crippen LogP contribution in [0.15, 0.2) is 24.3 Å². The minimum Gasteiger partial charge on any atom is -0.374 e. The number of hydrogen-bond acceptors (Lipinski definition) is 6. The maximum Gasteiger partial charge on any atom is 0.259 e. The molecule has 106 valence electrons. The zero-order valence-electron chi connectivity index (χ0n) is 9.91. The smallest absolute Gasteiger partial charge is 0.259 e. The Labute approximate surface area is 111 Å². The van der Waals surface area contributed by atoms with Crippen LogP contribution in [0.3, 0.4) is 0 Å². The highest BCUT2D eigenvalue weighted by Crippen LogP contribution is 2.29. The van der Waals surface area contributed by atoms with Crippen molar-refractivity contribution in [3.8, 4) is 5.75 Å². The lowest BCUT2D eigenvalue weighted by Gasteiger charge is -2.16. The highest BCUT2D eigenvalue weighted by Gasteiger charge is 2.23. The number of carbonyl (C=O) groups is 1. The normalized spacial score (nSPS) is 12.9. The number of para-hydroxylation sites is 1. The summed E-state index contributed by atoms with van der Waals surface area (Å²) in [5.41, 5.74) is 5.14. The van der Waals surface area contributed by atoms with Crippen LogP contribution in [0.2, 0.25) is 0 Å². The number of nitrogens with one attached hydrogen (secondary N) is 1. The van der Waals surface area contributed by atoms with Gasteiger partial charge >= 0.3 is 0 Å².